The number of nitrogens with zero attached hydrogens (tertiary/aromatic N) is 4. The van der Waals surface area contributed by atoms with Gasteiger partial charge < -0.3 is 5.73 Å². The fraction of sp³-hybridized carbons (Fsp3) is 0.417. The largest absolute Gasteiger partial charge is 0.329 e. The number of fused-ring (bicyclic) bond motifs is 1. The maximum Gasteiger partial charge on any atom is 0.209 e. The van der Waals surface area contributed by atoms with Crippen molar-refractivity contribution >= 4 is 23.5 Å². The molecule has 1 unspecified atom stereocenters. The molecular formula is C12H15N5S2. The summed E-state index contributed by atoms with van der Waals surface area (Å²) in [5.41, 5.74) is 7.00. The third-order valence-electron chi connectivity index (χ3n) is 3.05. The van der Waals surface area contributed by atoms with E-state index in [2.05, 4.69) is 39.8 Å². The highest BCUT2D eigenvalue weighted by Crippen LogP contribution is 2.41. The Hall–Kier alpha value is -1.05. The lowest BCUT2D eigenvalue weighted by molar-refractivity contribution is 0.556. The average Bonchev–Trinajstić information content (AvgIpc) is 3.04. The molecule has 100 valence electrons. The summed E-state index contributed by atoms with van der Waals surface area (Å²) in [7, 11) is 0. The van der Waals surface area contributed by atoms with Gasteiger partial charge in [-0.05, 0) is 22.1 Å². The molecule has 0 amide bonds. The smallest absolute Gasteiger partial charge is 0.209 e. The van der Waals surface area contributed by atoms with Crippen LogP contribution in [0.25, 0.3) is 0 Å². The third kappa shape index (κ3) is 2.77. The zero-order chi connectivity index (χ0) is 13.1. The van der Waals surface area contributed by atoms with Gasteiger partial charge in [-0.15, -0.1) is 16.9 Å². The van der Waals surface area contributed by atoms with Crippen molar-refractivity contribution in [2.75, 3.05) is 18.1 Å². The highest BCUT2D eigenvalue weighted by molar-refractivity contribution is 8.00. The average molecular weight is 293 g/mol. The Balaban J connectivity index is 1.66. The summed E-state index contributed by atoms with van der Waals surface area (Å²) in [6.07, 6.45) is 0. The second kappa shape index (κ2) is 5.94. The standard InChI is InChI=1S/C12H15N5S2/c13-5-6-17-12(14-15-16-17)19-8-9-7-18-11-4-2-1-3-10(9)11/h1-4,9H,5-8,13H2. The van der Waals surface area contributed by atoms with E-state index in [0.29, 0.717) is 19.0 Å². The summed E-state index contributed by atoms with van der Waals surface area (Å²) in [4.78, 5) is 1.41. The van der Waals surface area contributed by atoms with Crippen LogP contribution in [-0.4, -0.2) is 38.3 Å². The summed E-state index contributed by atoms with van der Waals surface area (Å²) in [5.74, 6) is 2.73. The zero-order valence-corrected chi connectivity index (χ0v) is 12.0. The molecule has 0 radical (unpaired) electrons. The highest BCUT2D eigenvalue weighted by Gasteiger charge is 2.23. The lowest BCUT2D eigenvalue weighted by atomic mass is 10.0. The second-order valence-electron chi connectivity index (χ2n) is 4.33. The van der Waals surface area contributed by atoms with Crippen LogP contribution < -0.4 is 5.73 Å². The lowest BCUT2D eigenvalue weighted by Gasteiger charge is -2.09. The minimum absolute atomic E-state index is 0.556. The van der Waals surface area contributed by atoms with E-state index in [1.165, 1.54) is 10.5 Å². The van der Waals surface area contributed by atoms with Gasteiger partial charge in [0.2, 0.25) is 5.16 Å². The molecule has 0 aliphatic carbocycles. The Labute approximate surface area is 120 Å². The number of tetrazole rings is 1. The van der Waals surface area contributed by atoms with E-state index < -0.39 is 0 Å². The van der Waals surface area contributed by atoms with Crippen molar-refractivity contribution in [2.24, 2.45) is 5.73 Å². The number of hydrogen-bond acceptors (Lipinski definition) is 6. The van der Waals surface area contributed by atoms with Crippen molar-refractivity contribution in [3.8, 4) is 0 Å². The molecule has 5 nitrogen and oxygen atoms in total. The van der Waals surface area contributed by atoms with Crippen molar-refractivity contribution in [1.82, 2.24) is 20.2 Å². The molecule has 2 N–H and O–H groups in total. The molecule has 7 heteroatoms. The molecule has 1 aromatic heterocycles. The minimum atomic E-state index is 0.556. The molecule has 1 aliphatic rings. The van der Waals surface area contributed by atoms with E-state index in [1.54, 1.807) is 16.4 Å². The number of benzene rings is 1. The van der Waals surface area contributed by atoms with Crippen LogP contribution >= 0.6 is 23.5 Å². The van der Waals surface area contributed by atoms with Gasteiger partial charge in [0.1, 0.15) is 0 Å². The SMILES string of the molecule is NCCn1nnnc1SCC1CSc2ccccc21. The van der Waals surface area contributed by atoms with Crippen molar-refractivity contribution in [1.29, 1.82) is 0 Å². The number of rotatable bonds is 5. The normalized spacial score (nSPS) is 17.6. The molecule has 2 aromatic rings. The predicted molar refractivity (Wildman–Crippen MR) is 77.5 cm³/mol. The van der Waals surface area contributed by atoms with E-state index in [4.69, 9.17) is 5.73 Å². The first-order valence-corrected chi connectivity index (χ1v) is 8.16. The van der Waals surface area contributed by atoms with E-state index in [9.17, 15) is 0 Å². The Morgan fingerprint density at radius 2 is 2.32 bits per heavy atom. The van der Waals surface area contributed by atoms with Crippen molar-refractivity contribution < 1.29 is 0 Å². The van der Waals surface area contributed by atoms with Gasteiger partial charge in [0.15, 0.2) is 0 Å². The summed E-state index contributed by atoms with van der Waals surface area (Å²) >= 11 is 3.65. The van der Waals surface area contributed by atoms with Gasteiger partial charge in [-0.25, -0.2) is 4.68 Å². The summed E-state index contributed by atoms with van der Waals surface area (Å²) in [5, 5.41) is 12.6. The molecule has 0 bridgehead atoms. The molecule has 0 spiro atoms. The molecule has 0 saturated heterocycles. The number of aromatic nitrogens is 4. The molecule has 1 aliphatic heterocycles. The number of thioether (sulfide) groups is 2. The van der Waals surface area contributed by atoms with Crippen LogP contribution in [0.1, 0.15) is 11.5 Å². The molecule has 1 atom stereocenters. The third-order valence-corrected chi connectivity index (χ3v) is 5.42. The van der Waals surface area contributed by atoms with Gasteiger partial charge in [0.05, 0.1) is 6.54 Å². The monoisotopic (exact) mass is 293 g/mol. The van der Waals surface area contributed by atoms with Crippen LogP contribution in [0.15, 0.2) is 34.3 Å². The van der Waals surface area contributed by atoms with Crippen LogP contribution in [-0.2, 0) is 6.54 Å². The first kappa shape index (κ1) is 13.0. The first-order chi connectivity index (χ1) is 9.38. The van der Waals surface area contributed by atoms with Crippen LogP contribution in [0.5, 0.6) is 0 Å². The summed E-state index contributed by atoms with van der Waals surface area (Å²) in [6.45, 7) is 1.23. The zero-order valence-electron chi connectivity index (χ0n) is 10.4. The Morgan fingerprint density at radius 3 is 3.21 bits per heavy atom. The van der Waals surface area contributed by atoms with E-state index in [0.717, 1.165) is 16.7 Å². The Kier molecular flexibility index (Phi) is 4.05. The van der Waals surface area contributed by atoms with Gasteiger partial charge in [-0.3, -0.25) is 0 Å². The van der Waals surface area contributed by atoms with Crippen LogP contribution in [0.3, 0.4) is 0 Å². The molecule has 0 fully saturated rings. The fourth-order valence-corrected chi connectivity index (χ4v) is 4.53. The number of nitrogens with two attached hydrogens (primary N) is 1. The molecule has 3 rings (SSSR count). The quantitative estimate of drug-likeness (QED) is 0.845. The maximum absolute atomic E-state index is 5.54. The lowest BCUT2D eigenvalue weighted by Crippen LogP contribution is -2.12. The maximum atomic E-state index is 5.54. The van der Waals surface area contributed by atoms with Crippen LogP contribution in [0.2, 0.25) is 0 Å². The van der Waals surface area contributed by atoms with Gasteiger partial charge >= 0.3 is 0 Å². The van der Waals surface area contributed by atoms with Crippen LogP contribution in [0.4, 0.5) is 0 Å². The van der Waals surface area contributed by atoms with Crippen molar-refractivity contribution in [3.63, 3.8) is 0 Å². The first-order valence-electron chi connectivity index (χ1n) is 6.19. The topological polar surface area (TPSA) is 69.6 Å². The van der Waals surface area contributed by atoms with E-state index in [1.807, 2.05) is 11.8 Å². The van der Waals surface area contributed by atoms with Crippen LogP contribution in [0, 0.1) is 0 Å². The predicted octanol–water partition coefficient (Wildman–Crippen LogP) is 1.61. The highest BCUT2D eigenvalue weighted by atomic mass is 32.2. The fourth-order valence-electron chi connectivity index (χ4n) is 2.10. The van der Waals surface area contributed by atoms with E-state index >= 15 is 0 Å². The molecule has 2 heterocycles. The Morgan fingerprint density at radius 1 is 1.42 bits per heavy atom. The summed E-state index contributed by atoms with van der Waals surface area (Å²) in [6, 6.07) is 8.64. The molecule has 19 heavy (non-hydrogen) atoms. The Bertz CT molecular complexity index is 557. The molecule has 1 aromatic carbocycles. The van der Waals surface area contributed by atoms with Crippen molar-refractivity contribution in [2.45, 2.75) is 22.5 Å². The number of hydrogen-bond donors (Lipinski definition) is 1. The molecule has 0 saturated carbocycles. The molecular weight excluding hydrogens is 278 g/mol. The van der Waals surface area contributed by atoms with Gasteiger partial charge in [-0.2, -0.15) is 0 Å². The van der Waals surface area contributed by atoms with Gasteiger partial charge in [-0.1, -0.05) is 30.0 Å². The van der Waals surface area contributed by atoms with Gasteiger partial charge in [0.25, 0.3) is 0 Å². The minimum Gasteiger partial charge on any atom is -0.329 e. The van der Waals surface area contributed by atoms with Gasteiger partial charge in [0, 0.05) is 28.9 Å². The van der Waals surface area contributed by atoms with E-state index in [-0.39, 0.29) is 0 Å². The van der Waals surface area contributed by atoms with Crippen molar-refractivity contribution in [3.05, 3.63) is 29.8 Å². The summed E-state index contributed by atoms with van der Waals surface area (Å²) < 4.78 is 1.78. The second-order valence-corrected chi connectivity index (χ2v) is 6.38.